The molecule has 1 atom stereocenters. The van der Waals surface area contributed by atoms with E-state index < -0.39 is 0 Å². The van der Waals surface area contributed by atoms with Crippen LogP contribution in [0.5, 0.6) is 0 Å². The third-order valence-electron chi connectivity index (χ3n) is 3.89. The molecule has 0 spiro atoms. The molecule has 0 aliphatic carbocycles. The Bertz CT molecular complexity index is 818. The summed E-state index contributed by atoms with van der Waals surface area (Å²) >= 11 is 0. The molecule has 6 nitrogen and oxygen atoms in total. The molecule has 0 radical (unpaired) electrons. The van der Waals surface area contributed by atoms with Crippen LogP contribution in [0.2, 0.25) is 0 Å². The standard InChI is InChI=1S/C18H21N5O/c1-12-10-14(3)23(22-12)11-13(2)20-18(24)16-6-4-15(5-7-16)17-8-9-19-21-17/h4-10,13H,11H2,1-3H3,(H,19,21)(H,20,24). The van der Waals surface area contributed by atoms with Crippen LogP contribution in [0.3, 0.4) is 0 Å². The molecule has 3 rings (SSSR count). The van der Waals surface area contributed by atoms with E-state index >= 15 is 0 Å². The zero-order valence-corrected chi connectivity index (χ0v) is 14.1. The number of aromatic amines is 1. The number of benzene rings is 1. The van der Waals surface area contributed by atoms with Gasteiger partial charge in [0.2, 0.25) is 0 Å². The SMILES string of the molecule is Cc1cc(C)n(CC(C)NC(=O)c2ccc(-c3ccn[nH]3)cc2)n1. The predicted octanol–water partition coefficient (Wildman–Crippen LogP) is 2.71. The number of nitrogens with zero attached hydrogens (tertiary/aromatic N) is 3. The molecule has 0 saturated carbocycles. The zero-order valence-electron chi connectivity index (χ0n) is 14.1. The smallest absolute Gasteiger partial charge is 0.251 e. The molecule has 0 aliphatic rings. The van der Waals surface area contributed by atoms with Gasteiger partial charge in [0.1, 0.15) is 0 Å². The topological polar surface area (TPSA) is 75.6 Å². The summed E-state index contributed by atoms with van der Waals surface area (Å²) < 4.78 is 1.92. The second-order valence-electron chi connectivity index (χ2n) is 6.03. The third kappa shape index (κ3) is 3.53. The predicted molar refractivity (Wildman–Crippen MR) is 92.7 cm³/mol. The largest absolute Gasteiger partial charge is 0.348 e. The first-order valence-corrected chi connectivity index (χ1v) is 7.94. The Balaban J connectivity index is 1.63. The van der Waals surface area contributed by atoms with E-state index in [2.05, 4.69) is 20.6 Å². The molecule has 2 aromatic heterocycles. The van der Waals surface area contributed by atoms with Crippen molar-refractivity contribution in [2.75, 3.05) is 0 Å². The van der Waals surface area contributed by atoms with Crippen molar-refractivity contribution in [2.24, 2.45) is 0 Å². The molecule has 0 aliphatic heterocycles. The summed E-state index contributed by atoms with van der Waals surface area (Å²) in [6, 6.07) is 11.4. The van der Waals surface area contributed by atoms with Gasteiger partial charge in [0.15, 0.2) is 0 Å². The first-order valence-electron chi connectivity index (χ1n) is 7.94. The van der Waals surface area contributed by atoms with Gasteiger partial charge in [-0.15, -0.1) is 0 Å². The molecule has 6 heteroatoms. The molecule has 0 saturated heterocycles. The van der Waals surface area contributed by atoms with Crippen LogP contribution in [0.25, 0.3) is 11.3 Å². The van der Waals surface area contributed by atoms with E-state index in [9.17, 15) is 4.79 Å². The number of aromatic nitrogens is 4. The lowest BCUT2D eigenvalue weighted by Crippen LogP contribution is -2.36. The minimum absolute atomic E-state index is 0.0113. The third-order valence-corrected chi connectivity index (χ3v) is 3.89. The summed E-state index contributed by atoms with van der Waals surface area (Å²) in [5.41, 5.74) is 4.65. The highest BCUT2D eigenvalue weighted by Crippen LogP contribution is 2.16. The van der Waals surface area contributed by atoms with Gasteiger partial charge in [0, 0.05) is 23.5 Å². The summed E-state index contributed by atoms with van der Waals surface area (Å²) in [7, 11) is 0. The number of rotatable bonds is 5. The average molecular weight is 323 g/mol. The summed E-state index contributed by atoms with van der Waals surface area (Å²) in [6.07, 6.45) is 1.70. The van der Waals surface area contributed by atoms with Crippen molar-refractivity contribution >= 4 is 5.91 Å². The minimum Gasteiger partial charge on any atom is -0.348 e. The van der Waals surface area contributed by atoms with Crippen molar-refractivity contribution in [3.05, 3.63) is 59.5 Å². The van der Waals surface area contributed by atoms with Crippen LogP contribution >= 0.6 is 0 Å². The van der Waals surface area contributed by atoms with Crippen molar-refractivity contribution in [1.29, 1.82) is 0 Å². The monoisotopic (exact) mass is 323 g/mol. The Labute approximate surface area is 140 Å². The Morgan fingerprint density at radius 2 is 2.00 bits per heavy atom. The lowest BCUT2D eigenvalue weighted by Gasteiger charge is -2.15. The highest BCUT2D eigenvalue weighted by Gasteiger charge is 2.12. The van der Waals surface area contributed by atoms with Gasteiger partial charge in [-0.3, -0.25) is 14.6 Å². The van der Waals surface area contributed by atoms with E-state index in [1.54, 1.807) is 6.20 Å². The van der Waals surface area contributed by atoms with Gasteiger partial charge in [-0.2, -0.15) is 10.2 Å². The summed E-state index contributed by atoms with van der Waals surface area (Å²) in [6.45, 7) is 6.61. The van der Waals surface area contributed by atoms with Gasteiger partial charge < -0.3 is 5.32 Å². The number of carbonyl (C=O) groups is 1. The van der Waals surface area contributed by atoms with Crippen LogP contribution in [-0.2, 0) is 6.54 Å². The number of carbonyl (C=O) groups excluding carboxylic acids is 1. The molecule has 2 heterocycles. The Kier molecular flexibility index (Phi) is 4.46. The number of nitrogens with one attached hydrogen (secondary N) is 2. The molecule has 0 fully saturated rings. The molecule has 0 bridgehead atoms. The lowest BCUT2D eigenvalue weighted by atomic mass is 10.1. The van der Waals surface area contributed by atoms with E-state index in [0.29, 0.717) is 12.1 Å². The molecule has 2 N–H and O–H groups in total. The first-order chi connectivity index (χ1) is 11.5. The van der Waals surface area contributed by atoms with Gasteiger partial charge in [-0.05, 0) is 50.6 Å². The second kappa shape index (κ2) is 6.70. The van der Waals surface area contributed by atoms with Crippen molar-refractivity contribution in [3.63, 3.8) is 0 Å². The van der Waals surface area contributed by atoms with Gasteiger partial charge in [-0.1, -0.05) is 12.1 Å². The van der Waals surface area contributed by atoms with Crippen molar-refractivity contribution in [3.8, 4) is 11.3 Å². The van der Waals surface area contributed by atoms with E-state index in [0.717, 1.165) is 22.6 Å². The fourth-order valence-corrected chi connectivity index (χ4v) is 2.69. The van der Waals surface area contributed by atoms with E-state index in [1.165, 1.54) is 0 Å². The second-order valence-corrected chi connectivity index (χ2v) is 6.03. The molecule has 3 aromatic rings. The number of amides is 1. The maximum atomic E-state index is 12.4. The van der Waals surface area contributed by atoms with Gasteiger partial charge in [0.05, 0.1) is 17.9 Å². The maximum Gasteiger partial charge on any atom is 0.251 e. The van der Waals surface area contributed by atoms with Crippen LogP contribution in [0.15, 0.2) is 42.6 Å². The van der Waals surface area contributed by atoms with E-state index in [1.807, 2.05) is 61.9 Å². The quantitative estimate of drug-likeness (QED) is 0.758. The fraction of sp³-hybridized carbons (Fsp3) is 0.278. The van der Waals surface area contributed by atoms with Crippen LogP contribution in [0.4, 0.5) is 0 Å². The van der Waals surface area contributed by atoms with Crippen molar-refractivity contribution in [2.45, 2.75) is 33.4 Å². The van der Waals surface area contributed by atoms with Crippen LogP contribution in [-0.4, -0.2) is 31.9 Å². The van der Waals surface area contributed by atoms with E-state index in [-0.39, 0.29) is 11.9 Å². The van der Waals surface area contributed by atoms with Gasteiger partial charge >= 0.3 is 0 Å². The number of aryl methyl sites for hydroxylation is 2. The Morgan fingerprint density at radius 1 is 1.25 bits per heavy atom. The lowest BCUT2D eigenvalue weighted by molar-refractivity contribution is 0.0936. The van der Waals surface area contributed by atoms with Gasteiger partial charge in [0.25, 0.3) is 5.91 Å². The highest BCUT2D eigenvalue weighted by atomic mass is 16.1. The number of hydrogen-bond acceptors (Lipinski definition) is 3. The zero-order chi connectivity index (χ0) is 17.1. The van der Waals surface area contributed by atoms with Crippen LogP contribution in [0.1, 0.15) is 28.7 Å². The number of H-pyrrole nitrogens is 1. The summed E-state index contributed by atoms with van der Waals surface area (Å²) in [5, 5.41) is 14.3. The van der Waals surface area contributed by atoms with Crippen LogP contribution in [0, 0.1) is 13.8 Å². The molecular formula is C18H21N5O. The van der Waals surface area contributed by atoms with E-state index in [4.69, 9.17) is 0 Å². The first kappa shape index (κ1) is 16.0. The normalized spacial score (nSPS) is 12.1. The molecule has 1 aromatic carbocycles. The Morgan fingerprint density at radius 3 is 2.58 bits per heavy atom. The summed E-state index contributed by atoms with van der Waals surface area (Å²) in [5.74, 6) is -0.0832. The Hall–Kier alpha value is -2.89. The maximum absolute atomic E-state index is 12.4. The molecule has 1 unspecified atom stereocenters. The van der Waals surface area contributed by atoms with Crippen molar-refractivity contribution < 1.29 is 4.79 Å². The van der Waals surface area contributed by atoms with Gasteiger partial charge in [-0.25, -0.2) is 0 Å². The molecular weight excluding hydrogens is 302 g/mol. The highest BCUT2D eigenvalue weighted by molar-refractivity contribution is 5.94. The molecule has 124 valence electrons. The average Bonchev–Trinajstić information content (AvgIpc) is 3.18. The number of hydrogen-bond donors (Lipinski definition) is 2. The molecule has 1 amide bonds. The molecule has 24 heavy (non-hydrogen) atoms. The minimum atomic E-state index is -0.0832. The van der Waals surface area contributed by atoms with Crippen LogP contribution < -0.4 is 5.32 Å². The van der Waals surface area contributed by atoms with Crippen molar-refractivity contribution in [1.82, 2.24) is 25.3 Å². The fourth-order valence-electron chi connectivity index (χ4n) is 2.69. The summed E-state index contributed by atoms with van der Waals surface area (Å²) in [4.78, 5) is 12.4.